The van der Waals surface area contributed by atoms with E-state index in [1.807, 2.05) is 30.0 Å². The molecule has 0 saturated carbocycles. The van der Waals surface area contributed by atoms with Crippen molar-refractivity contribution in [1.82, 2.24) is 19.7 Å². The van der Waals surface area contributed by atoms with Crippen molar-refractivity contribution in [3.05, 3.63) is 29.2 Å². The van der Waals surface area contributed by atoms with Gasteiger partial charge < -0.3 is 0 Å². The third kappa shape index (κ3) is 2.90. The second-order valence-corrected chi connectivity index (χ2v) is 6.46. The number of hydrogen-bond acceptors (Lipinski definition) is 4. The first-order valence-corrected chi connectivity index (χ1v) is 7.98. The van der Waals surface area contributed by atoms with Crippen molar-refractivity contribution >= 4 is 24.0 Å². The molecule has 0 spiro atoms. The van der Waals surface area contributed by atoms with Crippen molar-refractivity contribution in [1.29, 1.82) is 0 Å². The van der Waals surface area contributed by atoms with Crippen LogP contribution in [0.3, 0.4) is 0 Å². The number of H-pyrrole nitrogens is 1. The van der Waals surface area contributed by atoms with Gasteiger partial charge in [-0.3, -0.25) is 14.6 Å². The molecular formula is C13H16N4S2. The molecule has 2 aromatic heterocycles. The minimum Gasteiger partial charge on any atom is -0.298 e. The van der Waals surface area contributed by atoms with Crippen molar-refractivity contribution in [3.8, 4) is 11.5 Å². The summed E-state index contributed by atoms with van der Waals surface area (Å²) in [4.78, 5) is 4.36. The maximum atomic E-state index is 5.35. The van der Waals surface area contributed by atoms with E-state index in [2.05, 4.69) is 19.7 Å². The van der Waals surface area contributed by atoms with E-state index in [1.165, 1.54) is 25.0 Å². The second-order valence-electron chi connectivity index (χ2n) is 4.67. The van der Waals surface area contributed by atoms with Crippen LogP contribution in [0.25, 0.3) is 11.5 Å². The Hall–Kier alpha value is -1.14. The van der Waals surface area contributed by atoms with Crippen LogP contribution < -0.4 is 0 Å². The molecule has 0 aliphatic carbocycles. The van der Waals surface area contributed by atoms with E-state index >= 15 is 0 Å². The van der Waals surface area contributed by atoms with Crippen LogP contribution in [0.1, 0.15) is 19.3 Å². The van der Waals surface area contributed by atoms with Crippen LogP contribution in [-0.2, 0) is 6.54 Å². The van der Waals surface area contributed by atoms with Crippen LogP contribution in [0.4, 0.5) is 0 Å². The smallest absolute Gasteiger partial charge is 0.195 e. The molecule has 4 nitrogen and oxygen atoms in total. The van der Waals surface area contributed by atoms with Crippen LogP contribution in [0, 0.1) is 4.77 Å². The fraction of sp³-hybridized carbons (Fsp3) is 0.462. The predicted molar refractivity (Wildman–Crippen MR) is 80.7 cm³/mol. The highest BCUT2D eigenvalue weighted by molar-refractivity contribution is 7.99. The molecule has 1 unspecified atom stereocenters. The summed E-state index contributed by atoms with van der Waals surface area (Å²) in [5.74, 6) is 2.10. The van der Waals surface area contributed by atoms with E-state index in [1.54, 1.807) is 6.20 Å². The summed E-state index contributed by atoms with van der Waals surface area (Å²) in [5.41, 5.74) is 0.871. The van der Waals surface area contributed by atoms with Crippen LogP contribution in [0.5, 0.6) is 0 Å². The molecule has 1 aliphatic rings. The standard InChI is InChI=1S/C13H16N4S2/c18-13-16-15-12(11-6-1-3-7-14-11)17(13)9-10-5-2-4-8-19-10/h1,3,6-7,10H,2,4-5,8-9H2,(H,16,18). The van der Waals surface area contributed by atoms with E-state index in [0.717, 1.165) is 18.1 Å². The summed E-state index contributed by atoms with van der Waals surface area (Å²) in [6.45, 7) is 0.923. The number of nitrogens with one attached hydrogen (secondary N) is 1. The van der Waals surface area contributed by atoms with Gasteiger partial charge in [-0.2, -0.15) is 16.9 Å². The molecule has 2 aromatic rings. The van der Waals surface area contributed by atoms with Crippen molar-refractivity contribution in [2.45, 2.75) is 31.1 Å². The molecule has 0 amide bonds. The molecular weight excluding hydrogens is 276 g/mol. The van der Waals surface area contributed by atoms with Gasteiger partial charge in [-0.1, -0.05) is 12.5 Å². The molecule has 3 heterocycles. The molecule has 1 fully saturated rings. The maximum Gasteiger partial charge on any atom is 0.195 e. The Labute approximate surface area is 121 Å². The first-order valence-electron chi connectivity index (χ1n) is 6.53. The quantitative estimate of drug-likeness (QED) is 0.882. The second kappa shape index (κ2) is 5.88. The molecule has 1 saturated heterocycles. The lowest BCUT2D eigenvalue weighted by Crippen LogP contribution is -2.18. The van der Waals surface area contributed by atoms with E-state index in [9.17, 15) is 0 Å². The highest BCUT2D eigenvalue weighted by Gasteiger charge is 2.18. The summed E-state index contributed by atoms with van der Waals surface area (Å²) >= 11 is 7.39. The van der Waals surface area contributed by atoms with E-state index < -0.39 is 0 Å². The zero-order valence-corrected chi connectivity index (χ0v) is 12.2. The molecule has 3 rings (SSSR count). The summed E-state index contributed by atoms with van der Waals surface area (Å²) in [6.07, 6.45) is 5.71. The highest BCUT2D eigenvalue weighted by Crippen LogP contribution is 2.27. The van der Waals surface area contributed by atoms with E-state index in [4.69, 9.17) is 12.2 Å². The number of nitrogens with zero attached hydrogens (tertiary/aromatic N) is 3. The first-order chi connectivity index (χ1) is 9.34. The van der Waals surface area contributed by atoms with Gasteiger partial charge in [0.05, 0.1) is 0 Å². The Bertz CT molecular complexity index is 584. The Balaban J connectivity index is 1.88. The number of thioether (sulfide) groups is 1. The van der Waals surface area contributed by atoms with Gasteiger partial charge in [-0.15, -0.1) is 0 Å². The van der Waals surface area contributed by atoms with E-state index in [0.29, 0.717) is 10.0 Å². The third-order valence-electron chi connectivity index (χ3n) is 3.31. The summed E-state index contributed by atoms with van der Waals surface area (Å²) in [5, 5.41) is 7.86. The lowest BCUT2D eigenvalue weighted by molar-refractivity contribution is 0.581. The molecule has 1 N–H and O–H groups in total. The number of aromatic nitrogens is 4. The zero-order valence-electron chi connectivity index (χ0n) is 10.6. The van der Waals surface area contributed by atoms with Crippen LogP contribution in [-0.4, -0.2) is 30.8 Å². The van der Waals surface area contributed by atoms with Crippen molar-refractivity contribution in [2.75, 3.05) is 5.75 Å². The Morgan fingerprint density at radius 1 is 1.42 bits per heavy atom. The SMILES string of the molecule is S=c1[nH]nc(-c2ccccn2)n1CC1CCCCS1. The minimum absolute atomic E-state index is 0.639. The Morgan fingerprint density at radius 2 is 2.37 bits per heavy atom. The average molecular weight is 292 g/mol. The Morgan fingerprint density at radius 3 is 3.11 bits per heavy atom. The lowest BCUT2D eigenvalue weighted by Gasteiger charge is -2.21. The van der Waals surface area contributed by atoms with Crippen LogP contribution in [0.2, 0.25) is 0 Å². The van der Waals surface area contributed by atoms with Crippen molar-refractivity contribution in [2.24, 2.45) is 0 Å². The number of hydrogen-bond donors (Lipinski definition) is 1. The average Bonchev–Trinajstić information content (AvgIpc) is 2.82. The molecule has 1 aliphatic heterocycles. The van der Waals surface area contributed by atoms with Gasteiger partial charge in [-0.05, 0) is 42.9 Å². The topological polar surface area (TPSA) is 46.5 Å². The highest BCUT2D eigenvalue weighted by atomic mass is 32.2. The zero-order chi connectivity index (χ0) is 13.1. The molecule has 6 heteroatoms. The maximum absolute atomic E-state index is 5.35. The molecule has 1 atom stereocenters. The monoisotopic (exact) mass is 292 g/mol. The predicted octanol–water partition coefficient (Wildman–Crippen LogP) is 3.29. The molecule has 100 valence electrons. The van der Waals surface area contributed by atoms with Gasteiger partial charge in [-0.25, -0.2) is 0 Å². The van der Waals surface area contributed by atoms with Gasteiger partial charge in [0.2, 0.25) is 0 Å². The summed E-state index contributed by atoms with van der Waals surface area (Å²) in [7, 11) is 0. The van der Waals surface area contributed by atoms with Gasteiger partial charge in [0, 0.05) is 18.0 Å². The normalized spacial score (nSPS) is 19.5. The van der Waals surface area contributed by atoms with Crippen LogP contribution in [0.15, 0.2) is 24.4 Å². The number of rotatable bonds is 3. The van der Waals surface area contributed by atoms with Gasteiger partial charge in [0.15, 0.2) is 10.6 Å². The summed E-state index contributed by atoms with van der Waals surface area (Å²) < 4.78 is 2.77. The van der Waals surface area contributed by atoms with Gasteiger partial charge >= 0.3 is 0 Å². The third-order valence-corrected chi connectivity index (χ3v) is 5.00. The number of aromatic amines is 1. The molecule has 19 heavy (non-hydrogen) atoms. The fourth-order valence-electron chi connectivity index (χ4n) is 2.33. The number of pyridine rings is 1. The minimum atomic E-state index is 0.639. The van der Waals surface area contributed by atoms with E-state index in [-0.39, 0.29) is 0 Å². The van der Waals surface area contributed by atoms with Gasteiger partial charge in [0.1, 0.15) is 5.69 Å². The molecule has 0 bridgehead atoms. The largest absolute Gasteiger partial charge is 0.298 e. The molecule has 0 aromatic carbocycles. The lowest BCUT2D eigenvalue weighted by atomic mass is 10.2. The van der Waals surface area contributed by atoms with Crippen molar-refractivity contribution < 1.29 is 0 Å². The summed E-state index contributed by atoms with van der Waals surface area (Å²) in [6, 6.07) is 5.85. The van der Waals surface area contributed by atoms with Crippen molar-refractivity contribution in [3.63, 3.8) is 0 Å². The van der Waals surface area contributed by atoms with Crippen LogP contribution >= 0.6 is 24.0 Å². The van der Waals surface area contributed by atoms with Gasteiger partial charge in [0.25, 0.3) is 0 Å². The fourth-order valence-corrected chi connectivity index (χ4v) is 3.83. The molecule has 0 radical (unpaired) electrons. The Kier molecular flexibility index (Phi) is 3.98. The first kappa shape index (κ1) is 12.9.